The Morgan fingerprint density at radius 3 is 2.64 bits per heavy atom. The summed E-state index contributed by atoms with van der Waals surface area (Å²) in [5.74, 6) is 0.532. The minimum Gasteiger partial charge on any atom is -0.483 e. The molecule has 0 radical (unpaired) electrons. The number of aryl methyl sites for hydroxylation is 2. The molecule has 0 saturated heterocycles. The smallest absolute Gasteiger partial charge is 0.264 e. The highest BCUT2D eigenvalue weighted by molar-refractivity contribution is 9.10. The van der Waals surface area contributed by atoms with Gasteiger partial charge in [0.15, 0.2) is 11.7 Å². The number of thiazole rings is 1. The van der Waals surface area contributed by atoms with Crippen molar-refractivity contribution in [3.63, 3.8) is 0 Å². The van der Waals surface area contributed by atoms with Gasteiger partial charge >= 0.3 is 0 Å². The zero-order valence-corrected chi connectivity index (χ0v) is 16.3. The molecule has 0 aliphatic rings. The molecule has 3 rings (SSSR count). The van der Waals surface area contributed by atoms with Gasteiger partial charge in [0.05, 0.1) is 5.69 Å². The standard InChI is InChI=1S/C19H17BrN2O2S/c1-12-5-3-6-13(2)18(12)24-10-17(23)22-19-21-16(11-25-19)14-7-4-8-15(20)9-14/h3-9,11H,10H2,1-2H3,(H,21,22,23). The highest BCUT2D eigenvalue weighted by atomic mass is 79.9. The summed E-state index contributed by atoms with van der Waals surface area (Å²) in [4.78, 5) is 16.6. The van der Waals surface area contributed by atoms with Gasteiger partial charge in [0, 0.05) is 15.4 Å². The molecule has 0 unspecified atom stereocenters. The first-order valence-electron chi connectivity index (χ1n) is 7.73. The quantitative estimate of drug-likeness (QED) is 0.620. The molecule has 6 heteroatoms. The third kappa shape index (κ3) is 4.46. The largest absolute Gasteiger partial charge is 0.483 e. The van der Waals surface area contributed by atoms with Crippen LogP contribution in [0, 0.1) is 13.8 Å². The summed E-state index contributed by atoms with van der Waals surface area (Å²) in [5, 5.41) is 5.27. The predicted molar refractivity (Wildman–Crippen MR) is 105 cm³/mol. The number of para-hydroxylation sites is 1. The summed E-state index contributed by atoms with van der Waals surface area (Å²) in [5.41, 5.74) is 3.85. The van der Waals surface area contributed by atoms with Crippen molar-refractivity contribution >= 4 is 38.3 Å². The SMILES string of the molecule is Cc1cccc(C)c1OCC(=O)Nc1nc(-c2cccc(Br)c2)cs1. The number of carbonyl (C=O) groups excluding carboxylic acids is 1. The number of nitrogens with zero attached hydrogens (tertiary/aromatic N) is 1. The lowest BCUT2D eigenvalue weighted by Crippen LogP contribution is -2.20. The molecule has 0 aliphatic heterocycles. The van der Waals surface area contributed by atoms with Crippen molar-refractivity contribution < 1.29 is 9.53 Å². The lowest BCUT2D eigenvalue weighted by molar-refractivity contribution is -0.118. The fourth-order valence-corrected chi connectivity index (χ4v) is 3.57. The van der Waals surface area contributed by atoms with Gasteiger partial charge in [0.25, 0.3) is 5.91 Å². The zero-order valence-electron chi connectivity index (χ0n) is 13.9. The summed E-state index contributed by atoms with van der Waals surface area (Å²) in [6.07, 6.45) is 0. The predicted octanol–water partition coefficient (Wildman–Crippen LogP) is 5.21. The number of halogens is 1. The van der Waals surface area contributed by atoms with E-state index in [0.717, 1.165) is 32.6 Å². The first kappa shape index (κ1) is 17.6. The third-order valence-corrected chi connectivity index (χ3v) is 4.88. The fourth-order valence-electron chi connectivity index (χ4n) is 2.43. The minimum atomic E-state index is -0.224. The van der Waals surface area contributed by atoms with Crippen LogP contribution in [0.15, 0.2) is 52.3 Å². The Bertz CT molecular complexity index is 888. The molecule has 0 spiro atoms. The fraction of sp³-hybridized carbons (Fsp3) is 0.158. The maximum absolute atomic E-state index is 12.1. The summed E-state index contributed by atoms with van der Waals surface area (Å²) < 4.78 is 6.66. The van der Waals surface area contributed by atoms with Crippen LogP contribution in [0.4, 0.5) is 5.13 Å². The van der Waals surface area contributed by atoms with Crippen molar-refractivity contribution in [3.8, 4) is 17.0 Å². The molecular formula is C19H17BrN2O2S. The molecule has 0 atom stereocenters. The average molecular weight is 417 g/mol. The van der Waals surface area contributed by atoms with Gasteiger partial charge in [-0.2, -0.15) is 0 Å². The van der Waals surface area contributed by atoms with Gasteiger partial charge < -0.3 is 4.74 Å². The number of benzene rings is 2. The molecule has 128 valence electrons. The number of rotatable bonds is 5. The molecule has 1 heterocycles. The van der Waals surface area contributed by atoms with E-state index in [0.29, 0.717) is 5.13 Å². The molecule has 25 heavy (non-hydrogen) atoms. The van der Waals surface area contributed by atoms with Crippen molar-refractivity contribution in [3.05, 3.63) is 63.4 Å². The molecule has 0 saturated carbocycles. The number of anilines is 1. The first-order valence-corrected chi connectivity index (χ1v) is 9.40. The summed E-state index contributed by atoms with van der Waals surface area (Å²) >= 11 is 4.84. The molecule has 3 aromatic rings. The van der Waals surface area contributed by atoms with Crippen LogP contribution >= 0.6 is 27.3 Å². The topological polar surface area (TPSA) is 51.2 Å². The third-order valence-electron chi connectivity index (χ3n) is 3.63. The van der Waals surface area contributed by atoms with Crippen LogP contribution in [0.3, 0.4) is 0 Å². The monoisotopic (exact) mass is 416 g/mol. The number of carbonyl (C=O) groups is 1. The van der Waals surface area contributed by atoms with Crippen LogP contribution in [0.2, 0.25) is 0 Å². The van der Waals surface area contributed by atoms with Gasteiger partial charge in [-0.25, -0.2) is 4.98 Å². The van der Waals surface area contributed by atoms with Crippen molar-refractivity contribution in [2.75, 3.05) is 11.9 Å². The van der Waals surface area contributed by atoms with Crippen LogP contribution in [0.1, 0.15) is 11.1 Å². The van der Waals surface area contributed by atoms with Crippen molar-refractivity contribution in [1.29, 1.82) is 0 Å². The van der Waals surface area contributed by atoms with Crippen molar-refractivity contribution in [2.24, 2.45) is 0 Å². The highest BCUT2D eigenvalue weighted by Crippen LogP contribution is 2.27. The second kappa shape index (κ2) is 7.80. The van der Waals surface area contributed by atoms with Crippen molar-refractivity contribution in [1.82, 2.24) is 4.98 Å². The maximum Gasteiger partial charge on any atom is 0.264 e. The van der Waals surface area contributed by atoms with E-state index in [1.807, 2.05) is 61.7 Å². The molecule has 2 aromatic carbocycles. The van der Waals surface area contributed by atoms with E-state index in [4.69, 9.17) is 4.74 Å². The normalized spacial score (nSPS) is 10.5. The van der Waals surface area contributed by atoms with Crippen molar-refractivity contribution in [2.45, 2.75) is 13.8 Å². The van der Waals surface area contributed by atoms with E-state index in [1.54, 1.807) is 0 Å². The van der Waals surface area contributed by atoms with Crippen LogP contribution in [-0.2, 0) is 4.79 Å². The Morgan fingerprint density at radius 2 is 1.92 bits per heavy atom. The number of nitrogens with one attached hydrogen (secondary N) is 1. The Morgan fingerprint density at radius 1 is 1.20 bits per heavy atom. The van der Waals surface area contributed by atoms with E-state index < -0.39 is 0 Å². The van der Waals surface area contributed by atoms with Gasteiger partial charge in [-0.15, -0.1) is 11.3 Å². The summed E-state index contributed by atoms with van der Waals surface area (Å²) in [7, 11) is 0. The minimum absolute atomic E-state index is 0.0442. The van der Waals surface area contributed by atoms with Gasteiger partial charge in [-0.1, -0.05) is 46.3 Å². The molecule has 1 aromatic heterocycles. The van der Waals surface area contributed by atoms with E-state index in [9.17, 15) is 4.79 Å². The average Bonchev–Trinajstić information content (AvgIpc) is 3.03. The number of ether oxygens (including phenoxy) is 1. The van der Waals surface area contributed by atoms with Gasteiger partial charge in [0.2, 0.25) is 0 Å². The Balaban J connectivity index is 1.62. The number of hydrogen-bond acceptors (Lipinski definition) is 4. The number of amides is 1. The van der Waals surface area contributed by atoms with Gasteiger partial charge in [0.1, 0.15) is 5.75 Å². The zero-order chi connectivity index (χ0) is 17.8. The summed E-state index contributed by atoms with van der Waals surface area (Å²) in [6.45, 7) is 3.88. The Labute approximate surface area is 159 Å². The van der Waals surface area contributed by atoms with Gasteiger partial charge in [-0.05, 0) is 37.1 Å². The molecule has 4 nitrogen and oxygen atoms in total. The van der Waals surface area contributed by atoms with E-state index in [-0.39, 0.29) is 12.5 Å². The van der Waals surface area contributed by atoms with E-state index >= 15 is 0 Å². The second-order valence-electron chi connectivity index (χ2n) is 5.61. The summed E-state index contributed by atoms with van der Waals surface area (Å²) in [6, 6.07) is 13.8. The van der Waals surface area contributed by atoms with Crippen LogP contribution in [0.25, 0.3) is 11.3 Å². The lowest BCUT2D eigenvalue weighted by atomic mass is 10.1. The van der Waals surface area contributed by atoms with Gasteiger partial charge in [-0.3, -0.25) is 10.1 Å². The molecule has 1 amide bonds. The second-order valence-corrected chi connectivity index (χ2v) is 7.38. The van der Waals surface area contributed by atoms with E-state index in [2.05, 4.69) is 26.2 Å². The molecule has 1 N–H and O–H groups in total. The molecule has 0 bridgehead atoms. The number of aromatic nitrogens is 1. The lowest BCUT2D eigenvalue weighted by Gasteiger charge is -2.11. The molecule has 0 aliphatic carbocycles. The van der Waals surface area contributed by atoms with Crippen LogP contribution in [-0.4, -0.2) is 17.5 Å². The van der Waals surface area contributed by atoms with Crippen LogP contribution in [0.5, 0.6) is 5.75 Å². The maximum atomic E-state index is 12.1. The highest BCUT2D eigenvalue weighted by Gasteiger charge is 2.10. The molecule has 0 fully saturated rings. The number of hydrogen-bond donors (Lipinski definition) is 1. The Kier molecular flexibility index (Phi) is 5.50. The Hall–Kier alpha value is -2.18. The molecular weight excluding hydrogens is 400 g/mol. The van der Waals surface area contributed by atoms with Crippen LogP contribution < -0.4 is 10.1 Å². The van der Waals surface area contributed by atoms with E-state index in [1.165, 1.54) is 11.3 Å². The first-order chi connectivity index (χ1) is 12.0.